The zero-order chi connectivity index (χ0) is 8.69. The van der Waals surface area contributed by atoms with Gasteiger partial charge in [-0.05, 0) is 12.1 Å². The molecule has 1 heterocycles. The molecule has 0 aliphatic rings. The number of nitrogens with two attached hydrogens (primary N) is 1. The van der Waals surface area contributed by atoms with Gasteiger partial charge in [-0.2, -0.15) is 25.5 Å². The van der Waals surface area contributed by atoms with Gasteiger partial charge >= 0.3 is 17.1 Å². The van der Waals surface area contributed by atoms with E-state index in [0.29, 0.717) is 0 Å². The van der Waals surface area contributed by atoms with Gasteiger partial charge in [-0.3, -0.25) is 0 Å². The molecular weight excluding hydrogens is 195 g/mol. The summed E-state index contributed by atoms with van der Waals surface area (Å²) in [5.74, 6) is 0.243. The summed E-state index contributed by atoms with van der Waals surface area (Å²) in [5, 5.41) is 0. The Bertz CT molecular complexity index is 226. The monoisotopic (exact) mass is 204 g/mol. The number of aliphatic imine (C=N–C) groups is 1. The topological polar surface area (TPSA) is 64.2 Å². The quantitative estimate of drug-likeness (QED) is 0.420. The number of anilines is 1. The van der Waals surface area contributed by atoms with E-state index in [0.717, 1.165) is 0 Å². The van der Waals surface area contributed by atoms with E-state index < -0.39 is 0 Å². The van der Waals surface area contributed by atoms with E-state index in [-0.39, 0.29) is 28.6 Å². The van der Waals surface area contributed by atoms with Crippen LogP contribution < -0.4 is 5.73 Å². The molecule has 2 N–H and O–H groups in total. The predicted molar refractivity (Wildman–Crippen MR) is 44.5 cm³/mol. The van der Waals surface area contributed by atoms with Crippen molar-refractivity contribution in [2.24, 2.45) is 4.99 Å². The average molecular weight is 204 g/mol. The minimum atomic E-state index is 0. The molecule has 1 aromatic rings. The summed E-state index contributed by atoms with van der Waals surface area (Å²) in [4.78, 5) is 10.4. The fourth-order valence-corrected chi connectivity index (χ4v) is 0.394. The SMILES string of the molecule is [CH-]=Nc1[c-]ncnc1N.[CH2-]C.[Mn+3]. The third kappa shape index (κ3) is 4.05. The van der Waals surface area contributed by atoms with Crippen LogP contribution in [0.25, 0.3) is 0 Å². The molecule has 64 valence electrons. The van der Waals surface area contributed by atoms with Gasteiger partial charge in [-0.25, -0.2) is 0 Å². The largest absolute Gasteiger partial charge is 3.00 e. The molecule has 0 aliphatic carbocycles. The van der Waals surface area contributed by atoms with Gasteiger partial charge in [0.15, 0.2) is 0 Å². The first-order chi connectivity index (χ1) is 5.34. The van der Waals surface area contributed by atoms with E-state index in [9.17, 15) is 0 Å². The molecule has 1 rings (SSSR count). The maximum absolute atomic E-state index is 5.27. The first kappa shape index (κ1) is 13.6. The van der Waals surface area contributed by atoms with Gasteiger partial charge < -0.3 is 27.6 Å². The van der Waals surface area contributed by atoms with Crippen molar-refractivity contribution in [1.29, 1.82) is 0 Å². The Labute approximate surface area is 82.8 Å². The molecule has 4 nitrogen and oxygen atoms in total. The van der Waals surface area contributed by atoms with Crippen LogP contribution in [0.3, 0.4) is 0 Å². The fraction of sp³-hybridized carbons (Fsp3) is 0.143. The van der Waals surface area contributed by atoms with E-state index in [2.05, 4.69) is 28.1 Å². The Morgan fingerprint density at radius 2 is 2.25 bits per heavy atom. The van der Waals surface area contributed by atoms with Gasteiger partial charge in [0, 0.05) is 0 Å². The van der Waals surface area contributed by atoms with Crippen molar-refractivity contribution in [1.82, 2.24) is 9.97 Å². The standard InChI is InChI=1S/C5H4N4.C2H5.Mn/c1-7-4-2-8-3-9-5(4)6;1-2;/h1,3H,(H2,6,8,9);1H2,2H3;/q-2;-1;+3. The Kier molecular flexibility index (Phi) is 9.29. The van der Waals surface area contributed by atoms with Crippen LogP contribution in [0.4, 0.5) is 11.5 Å². The van der Waals surface area contributed by atoms with Crippen LogP contribution in [-0.4, -0.2) is 16.7 Å². The van der Waals surface area contributed by atoms with E-state index in [4.69, 9.17) is 12.5 Å². The summed E-state index contributed by atoms with van der Waals surface area (Å²) < 4.78 is 0. The first-order valence-corrected chi connectivity index (χ1v) is 2.94. The van der Waals surface area contributed by atoms with Crippen molar-refractivity contribution >= 4 is 18.2 Å². The second-order valence-corrected chi connectivity index (χ2v) is 1.35. The summed E-state index contributed by atoms with van der Waals surface area (Å²) in [5.41, 5.74) is 5.56. The molecule has 0 aliphatic heterocycles. The van der Waals surface area contributed by atoms with Crippen molar-refractivity contribution in [2.75, 3.05) is 5.73 Å². The molecule has 12 heavy (non-hydrogen) atoms. The molecule has 0 spiro atoms. The van der Waals surface area contributed by atoms with Crippen molar-refractivity contribution in [2.45, 2.75) is 6.92 Å². The number of nitrogen functional groups attached to an aromatic ring is 1. The van der Waals surface area contributed by atoms with E-state index in [1.54, 1.807) is 6.92 Å². The molecule has 0 saturated carbocycles. The summed E-state index contributed by atoms with van der Waals surface area (Å²) in [6.45, 7) is 9.88. The molecule has 1 aromatic heterocycles. The van der Waals surface area contributed by atoms with E-state index in [1.165, 1.54) is 6.33 Å². The third-order valence-corrected chi connectivity index (χ3v) is 0.797. The number of hydrogen-bond acceptors (Lipinski definition) is 4. The van der Waals surface area contributed by atoms with Crippen molar-refractivity contribution < 1.29 is 17.1 Å². The Hall–Kier alpha value is -0.931. The fourth-order valence-electron chi connectivity index (χ4n) is 0.394. The molecule has 0 saturated heterocycles. The molecule has 0 radical (unpaired) electrons. The zero-order valence-corrected chi connectivity index (χ0v) is 7.84. The number of aromatic nitrogens is 2. The normalized spacial score (nSPS) is 7.17. The summed E-state index contributed by atoms with van der Waals surface area (Å²) in [7, 11) is 0. The Morgan fingerprint density at radius 1 is 1.67 bits per heavy atom. The molecule has 5 heteroatoms. The van der Waals surface area contributed by atoms with Gasteiger partial charge in [0.2, 0.25) is 0 Å². The van der Waals surface area contributed by atoms with E-state index in [1.807, 2.05) is 0 Å². The minimum Gasteiger partial charge on any atom is -0.480 e. The predicted octanol–water partition coefficient (Wildman–Crippen LogP) is 0.906. The maximum Gasteiger partial charge on any atom is 3.00 e. The van der Waals surface area contributed by atoms with Crippen LogP contribution >= 0.6 is 0 Å². The molecule has 0 bridgehead atoms. The second-order valence-electron chi connectivity index (χ2n) is 1.35. The van der Waals surface area contributed by atoms with Crippen LogP contribution in [0, 0.1) is 13.1 Å². The van der Waals surface area contributed by atoms with Crippen molar-refractivity contribution in [3.05, 3.63) is 19.4 Å². The molecule has 0 aromatic carbocycles. The number of hydrogen-bond donors (Lipinski definition) is 1. The van der Waals surface area contributed by atoms with Crippen LogP contribution in [0.5, 0.6) is 0 Å². The van der Waals surface area contributed by atoms with Crippen LogP contribution in [0.1, 0.15) is 6.92 Å². The Balaban J connectivity index is 0. The zero-order valence-electron chi connectivity index (χ0n) is 6.66. The summed E-state index contributed by atoms with van der Waals surface area (Å²) in [6.07, 6.45) is 3.74. The average Bonchev–Trinajstić information content (AvgIpc) is 2.09. The van der Waals surface area contributed by atoms with Crippen LogP contribution in [0.2, 0.25) is 0 Å². The van der Waals surface area contributed by atoms with E-state index >= 15 is 0 Å². The summed E-state index contributed by atoms with van der Waals surface area (Å²) in [6, 6.07) is 0. The van der Waals surface area contributed by atoms with Crippen molar-refractivity contribution in [3.8, 4) is 0 Å². The molecule has 0 unspecified atom stereocenters. The number of nitrogens with zero attached hydrogens (tertiary/aromatic N) is 3. The maximum atomic E-state index is 5.27. The van der Waals surface area contributed by atoms with Gasteiger partial charge in [0.1, 0.15) is 0 Å². The minimum absolute atomic E-state index is 0. The molecule has 0 amide bonds. The number of rotatable bonds is 1. The Morgan fingerprint density at radius 3 is 2.58 bits per heavy atom. The van der Waals surface area contributed by atoms with Crippen LogP contribution in [-0.2, 0) is 17.1 Å². The third-order valence-electron chi connectivity index (χ3n) is 0.797. The first-order valence-electron chi connectivity index (χ1n) is 2.94. The summed E-state index contributed by atoms with van der Waals surface area (Å²) >= 11 is 0. The van der Waals surface area contributed by atoms with Gasteiger partial charge in [0.05, 0.1) is 0 Å². The molecular formula is C7H9MnN4. The van der Waals surface area contributed by atoms with Gasteiger partial charge in [0.25, 0.3) is 0 Å². The molecule has 0 atom stereocenters. The van der Waals surface area contributed by atoms with Crippen molar-refractivity contribution in [3.63, 3.8) is 0 Å². The second kappa shape index (κ2) is 8.17. The molecule has 0 fully saturated rings. The van der Waals surface area contributed by atoms with Gasteiger partial charge in [-0.1, -0.05) is 0 Å². The van der Waals surface area contributed by atoms with Gasteiger partial charge in [-0.15, -0.1) is 0 Å². The van der Waals surface area contributed by atoms with Crippen LogP contribution in [0.15, 0.2) is 11.3 Å². The smallest absolute Gasteiger partial charge is 0.480 e.